The molecule has 0 radical (unpaired) electrons. The highest BCUT2D eigenvalue weighted by Gasteiger charge is 2.08. The van der Waals surface area contributed by atoms with Crippen LogP contribution in [-0.4, -0.2) is 12.2 Å². The molecule has 1 atom stereocenters. The van der Waals surface area contributed by atoms with Crippen LogP contribution >= 0.6 is 12.2 Å². The van der Waals surface area contributed by atoms with Crippen molar-refractivity contribution in [3.63, 3.8) is 0 Å². The smallest absolute Gasteiger partial charge is 0.171 e. The molecule has 0 aliphatic heterocycles. The molecule has 116 valence electrons. The van der Waals surface area contributed by atoms with Crippen LogP contribution in [0.1, 0.15) is 29.7 Å². The zero-order chi connectivity index (χ0) is 16.1. The number of ether oxygens (including phenoxy) is 1. The Hall–Kier alpha value is -2.07. The Morgan fingerprint density at radius 1 is 1.09 bits per heavy atom. The molecule has 2 aromatic carbocycles. The molecule has 4 heteroatoms. The van der Waals surface area contributed by atoms with Crippen molar-refractivity contribution < 1.29 is 4.74 Å². The van der Waals surface area contributed by atoms with E-state index in [4.69, 9.17) is 17.0 Å². The number of methoxy groups -OCH3 is 1. The summed E-state index contributed by atoms with van der Waals surface area (Å²) in [6.07, 6.45) is 0. The quantitative estimate of drug-likeness (QED) is 0.822. The van der Waals surface area contributed by atoms with E-state index in [0.717, 1.165) is 17.0 Å². The maximum atomic E-state index is 5.41. The summed E-state index contributed by atoms with van der Waals surface area (Å²) in [6, 6.07) is 14.4. The molecule has 2 rings (SSSR count). The topological polar surface area (TPSA) is 33.3 Å². The van der Waals surface area contributed by atoms with Crippen LogP contribution in [0.25, 0.3) is 0 Å². The monoisotopic (exact) mass is 314 g/mol. The van der Waals surface area contributed by atoms with E-state index in [9.17, 15) is 0 Å². The standard InChI is InChI=1S/C18H22N2OS/c1-12-5-10-17(13(2)11-12)20-18(22)19-14(3)15-6-8-16(21-4)9-7-15/h5-11,14H,1-4H3,(H2,19,20,22)/t14-/m1/s1. The first kappa shape index (κ1) is 16.3. The lowest BCUT2D eigenvalue weighted by atomic mass is 10.1. The van der Waals surface area contributed by atoms with Crippen LogP contribution in [0.2, 0.25) is 0 Å². The minimum atomic E-state index is 0.122. The molecule has 0 saturated carbocycles. The van der Waals surface area contributed by atoms with Gasteiger partial charge in [-0.1, -0.05) is 29.8 Å². The van der Waals surface area contributed by atoms with Gasteiger partial charge in [0.2, 0.25) is 0 Å². The van der Waals surface area contributed by atoms with Gasteiger partial charge in [0.25, 0.3) is 0 Å². The maximum Gasteiger partial charge on any atom is 0.171 e. The summed E-state index contributed by atoms with van der Waals surface area (Å²) >= 11 is 5.41. The van der Waals surface area contributed by atoms with E-state index in [1.165, 1.54) is 11.1 Å². The molecular formula is C18H22N2OS. The number of rotatable bonds is 4. The molecule has 2 aromatic rings. The molecule has 0 aliphatic rings. The van der Waals surface area contributed by atoms with Crippen molar-refractivity contribution in [1.82, 2.24) is 5.32 Å². The lowest BCUT2D eigenvalue weighted by molar-refractivity contribution is 0.414. The summed E-state index contributed by atoms with van der Waals surface area (Å²) in [5, 5.41) is 7.18. The van der Waals surface area contributed by atoms with Crippen LogP contribution in [-0.2, 0) is 0 Å². The number of hydrogen-bond donors (Lipinski definition) is 2. The SMILES string of the molecule is COc1ccc([C@@H](C)NC(=S)Nc2ccc(C)cc2C)cc1. The van der Waals surface area contributed by atoms with Gasteiger partial charge in [-0.2, -0.15) is 0 Å². The highest BCUT2D eigenvalue weighted by atomic mass is 32.1. The molecule has 0 heterocycles. The average Bonchev–Trinajstić information content (AvgIpc) is 2.50. The van der Waals surface area contributed by atoms with Gasteiger partial charge in [0.1, 0.15) is 5.75 Å². The lowest BCUT2D eigenvalue weighted by Gasteiger charge is -2.18. The second-order valence-electron chi connectivity index (χ2n) is 5.41. The normalized spacial score (nSPS) is 11.6. The molecule has 0 fully saturated rings. The minimum Gasteiger partial charge on any atom is -0.497 e. The Balaban J connectivity index is 1.98. The van der Waals surface area contributed by atoms with E-state index >= 15 is 0 Å². The molecule has 0 saturated heterocycles. The van der Waals surface area contributed by atoms with Crippen molar-refractivity contribution in [1.29, 1.82) is 0 Å². The first-order valence-corrected chi connectivity index (χ1v) is 7.69. The zero-order valence-electron chi connectivity index (χ0n) is 13.4. The maximum absolute atomic E-state index is 5.41. The fourth-order valence-corrected chi connectivity index (χ4v) is 2.57. The number of hydrogen-bond acceptors (Lipinski definition) is 2. The number of aryl methyl sites for hydroxylation is 2. The summed E-state index contributed by atoms with van der Waals surface area (Å²) < 4.78 is 5.17. The van der Waals surface area contributed by atoms with Gasteiger partial charge in [-0.3, -0.25) is 0 Å². The van der Waals surface area contributed by atoms with E-state index < -0.39 is 0 Å². The first-order valence-electron chi connectivity index (χ1n) is 7.28. The molecule has 0 aromatic heterocycles. The fraction of sp³-hybridized carbons (Fsp3) is 0.278. The van der Waals surface area contributed by atoms with Crippen LogP contribution in [0.4, 0.5) is 5.69 Å². The molecule has 0 aliphatic carbocycles. The molecular weight excluding hydrogens is 292 g/mol. The van der Waals surface area contributed by atoms with Gasteiger partial charge in [-0.15, -0.1) is 0 Å². The van der Waals surface area contributed by atoms with E-state index in [-0.39, 0.29) is 6.04 Å². The predicted octanol–water partition coefficient (Wildman–Crippen LogP) is 4.36. The van der Waals surface area contributed by atoms with Crippen molar-refractivity contribution >= 4 is 23.0 Å². The number of anilines is 1. The number of nitrogens with one attached hydrogen (secondary N) is 2. The summed E-state index contributed by atoms with van der Waals surface area (Å²) in [5.74, 6) is 0.854. The van der Waals surface area contributed by atoms with E-state index in [2.05, 4.69) is 49.6 Å². The van der Waals surface area contributed by atoms with Crippen molar-refractivity contribution in [2.24, 2.45) is 0 Å². The van der Waals surface area contributed by atoms with E-state index in [1.54, 1.807) is 7.11 Å². The summed E-state index contributed by atoms with van der Waals surface area (Å²) in [4.78, 5) is 0. The third kappa shape index (κ3) is 4.21. The van der Waals surface area contributed by atoms with Gasteiger partial charge in [-0.05, 0) is 62.3 Å². The minimum absolute atomic E-state index is 0.122. The van der Waals surface area contributed by atoms with Crippen LogP contribution in [0.3, 0.4) is 0 Å². The van der Waals surface area contributed by atoms with Gasteiger partial charge in [0.15, 0.2) is 5.11 Å². The van der Waals surface area contributed by atoms with Gasteiger partial charge in [0.05, 0.1) is 13.2 Å². The highest BCUT2D eigenvalue weighted by molar-refractivity contribution is 7.80. The van der Waals surface area contributed by atoms with Crippen molar-refractivity contribution in [2.75, 3.05) is 12.4 Å². The second kappa shape index (κ2) is 7.27. The summed E-state index contributed by atoms with van der Waals surface area (Å²) in [5.41, 5.74) is 4.62. The first-order chi connectivity index (χ1) is 10.5. The Labute approximate surface area is 137 Å². The van der Waals surface area contributed by atoms with Crippen LogP contribution in [0, 0.1) is 13.8 Å². The van der Waals surface area contributed by atoms with Crippen molar-refractivity contribution in [2.45, 2.75) is 26.8 Å². The van der Waals surface area contributed by atoms with Gasteiger partial charge >= 0.3 is 0 Å². The molecule has 0 unspecified atom stereocenters. The third-order valence-corrected chi connectivity index (χ3v) is 3.81. The van der Waals surface area contributed by atoms with E-state index in [0.29, 0.717) is 5.11 Å². The van der Waals surface area contributed by atoms with E-state index in [1.807, 2.05) is 24.3 Å². The van der Waals surface area contributed by atoms with Gasteiger partial charge in [-0.25, -0.2) is 0 Å². The third-order valence-electron chi connectivity index (χ3n) is 3.59. The summed E-state index contributed by atoms with van der Waals surface area (Å²) in [6.45, 7) is 6.24. The fourth-order valence-electron chi connectivity index (χ4n) is 2.28. The molecule has 0 spiro atoms. The predicted molar refractivity (Wildman–Crippen MR) is 96.7 cm³/mol. The van der Waals surface area contributed by atoms with Gasteiger partial charge < -0.3 is 15.4 Å². The molecule has 22 heavy (non-hydrogen) atoms. The highest BCUT2D eigenvalue weighted by Crippen LogP contribution is 2.19. The van der Waals surface area contributed by atoms with Crippen molar-refractivity contribution in [3.05, 3.63) is 59.2 Å². The van der Waals surface area contributed by atoms with Crippen LogP contribution in [0.15, 0.2) is 42.5 Å². The van der Waals surface area contributed by atoms with Gasteiger partial charge in [0, 0.05) is 5.69 Å². The Morgan fingerprint density at radius 3 is 2.36 bits per heavy atom. The largest absolute Gasteiger partial charge is 0.497 e. The molecule has 2 N–H and O–H groups in total. The van der Waals surface area contributed by atoms with Crippen molar-refractivity contribution in [3.8, 4) is 5.75 Å². The average molecular weight is 314 g/mol. The second-order valence-corrected chi connectivity index (χ2v) is 5.82. The lowest BCUT2D eigenvalue weighted by Crippen LogP contribution is -2.31. The van der Waals surface area contributed by atoms with Crippen LogP contribution < -0.4 is 15.4 Å². The Kier molecular flexibility index (Phi) is 5.39. The Morgan fingerprint density at radius 2 is 1.77 bits per heavy atom. The van der Waals surface area contributed by atoms with Crippen LogP contribution in [0.5, 0.6) is 5.75 Å². The molecule has 3 nitrogen and oxygen atoms in total. The summed E-state index contributed by atoms with van der Waals surface area (Å²) in [7, 11) is 1.67. The zero-order valence-corrected chi connectivity index (χ0v) is 14.3. The molecule has 0 amide bonds. The number of thiocarbonyl (C=S) groups is 1. The number of benzene rings is 2. The molecule has 0 bridgehead atoms. The Bertz CT molecular complexity index is 653.